The second-order valence-electron chi connectivity index (χ2n) is 6.67. The van der Waals surface area contributed by atoms with Crippen molar-refractivity contribution < 1.29 is 23.7 Å². The highest BCUT2D eigenvalue weighted by atomic mass is 16.6. The number of amides is 3. The highest BCUT2D eigenvalue weighted by Crippen LogP contribution is 2.20. The minimum absolute atomic E-state index is 0.125. The fourth-order valence-electron chi connectivity index (χ4n) is 3.20. The number of fused-ring (bicyclic) bond motifs is 1. The van der Waals surface area contributed by atoms with E-state index in [2.05, 4.69) is 5.32 Å². The Morgan fingerprint density at radius 2 is 1.86 bits per heavy atom. The summed E-state index contributed by atoms with van der Waals surface area (Å²) in [5.74, 6) is -1.20. The third kappa shape index (κ3) is 4.68. The quantitative estimate of drug-likeness (QED) is 0.283. The van der Waals surface area contributed by atoms with Gasteiger partial charge in [0.1, 0.15) is 0 Å². The third-order valence-electron chi connectivity index (χ3n) is 4.68. The number of rotatable bonds is 9. The number of likely N-dealkylation sites (tertiary alicyclic amines) is 1. The van der Waals surface area contributed by atoms with E-state index in [-0.39, 0.29) is 54.8 Å². The van der Waals surface area contributed by atoms with Gasteiger partial charge in [-0.15, -0.1) is 0 Å². The molecule has 3 rings (SSSR count). The average Bonchev–Trinajstić information content (AvgIpc) is 3.17. The standard InChI is InChI=1S/C18H20N4O7/c23-15(19-8-2-10-21-16(24)6-7-17(21)25)3-1-9-20-13-5-4-12(22(27)28)11-14(13)29-18(20)26/h4-5,11H,1-3,6-10H2,(H,19,23). The maximum absolute atomic E-state index is 12.0. The van der Waals surface area contributed by atoms with E-state index in [1.165, 1.54) is 27.7 Å². The fourth-order valence-corrected chi connectivity index (χ4v) is 3.20. The van der Waals surface area contributed by atoms with Gasteiger partial charge >= 0.3 is 5.76 Å². The van der Waals surface area contributed by atoms with E-state index in [1.54, 1.807) is 0 Å². The van der Waals surface area contributed by atoms with Crippen LogP contribution >= 0.6 is 0 Å². The molecule has 2 aromatic rings. The van der Waals surface area contributed by atoms with Gasteiger partial charge in [0.2, 0.25) is 17.7 Å². The van der Waals surface area contributed by atoms with Crippen molar-refractivity contribution in [3.8, 4) is 0 Å². The topological polar surface area (TPSA) is 145 Å². The molecular weight excluding hydrogens is 384 g/mol. The van der Waals surface area contributed by atoms with Crippen molar-refractivity contribution in [3.05, 3.63) is 38.9 Å². The first kappa shape index (κ1) is 20.2. The van der Waals surface area contributed by atoms with Gasteiger partial charge in [0.25, 0.3) is 5.69 Å². The number of hydrogen-bond acceptors (Lipinski definition) is 7. The van der Waals surface area contributed by atoms with Crippen LogP contribution in [0.5, 0.6) is 0 Å². The number of imide groups is 1. The summed E-state index contributed by atoms with van der Waals surface area (Å²) in [6, 6.07) is 3.92. The summed E-state index contributed by atoms with van der Waals surface area (Å²) in [6.07, 6.45) is 1.53. The van der Waals surface area contributed by atoms with Crippen LogP contribution < -0.4 is 11.1 Å². The molecule has 1 fully saturated rings. The molecule has 0 atom stereocenters. The van der Waals surface area contributed by atoms with Crippen LogP contribution in [0.3, 0.4) is 0 Å². The monoisotopic (exact) mass is 404 g/mol. The number of nitro groups is 1. The number of benzene rings is 1. The van der Waals surface area contributed by atoms with E-state index < -0.39 is 10.7 Å². The molecule has 0 aliphatic carbocycles. The van der Waals surface area contributed by atoms with E-state index >= 15 is 0 Å². The number of carbonyl (C=O) groups is 3. The molecule has 1 saturated heterocycles. The molecule has 1 aromatic heterocycles. The third-order valence-corrected chi connectivity index (χ3v) is 4.68. The van der Waals surface area contributed by atoms with Crippen LogP contribution in [0.15, 0.2) is 27.4 Å². The number of non-ortho nitro benzene ring substituents is 1. The summed E-state index contributed by atoms with van der Waals surface area (Å²) in [5.41, 5.74) is 0.385. The summed E-state index contributed by atoms with van der Waals surface area (Å²) < 4.78 is 6.37. The van der Waals surface area contributed by atoms with Gasteiger partial charge in [0.15, 0.2) is 5.58 Å². The first-order chi connectivity index (χ1) is 13.9. The predicted molar refractivity (Wildman–Crippen MR) is 99.9 cm³/mol. The van der Waals surface area contributed by atoms with E-state index in [0.717, 1.165) is 0 Å². The van der Waals surface area contributed by atoms with Crippen molar-refractivity contribution in [1.29, 1.82) is 0 Å². The number of oxazole rings is 1. The molecule has 0 unspecified atom stereocenters. The highest BCUT2D eigenvalue weighted by molar-refractivity contribution is 6.01. The van der Waals surface area contributed by atoms with Crippen molar-refractivity contribution in [2.24, 2.45) is 0 Å². The normalized spacial score (nSPS) is 14.0. The van der Waals surface area contributed by atoms with E-state index in [4.69, 9.17) is 4.42 Å². The molecule has 11 nitrogen and oxygen atoms in total. The Morgan fingerprint density at radius 3 is 2.55 bits per heavy atom. The molecule has 3 amide bonds. The lowest BCUT2D eigenvalue weighted by Crippen LogP contribution is -2.33. The number of hydrogen-bond donors (Lipinski definition) is 1. The molecule has 0 saturated carbocycles. The molecule has 1 N–H and O–H groups in total. The lowest BCUT2D eigenvalue weighted by atomic mass is 10.2. The van der Waals surface area contributed by atoms with Gasteiger partial charge in [-0.3, -0.25) is 34.0 Å². The summed E-state index contributed by atoms with van der Waals surface area (Å²) in [6.45, 7) is 0.864. The number of nitrogens with zero attached hydrogens (tertiary/aromatic N) is 3. The fraction of sp³-hybridized carbons (Fsp3) is 0.444. The van der Waals surface area contributed by atoms with E-state index in [0.29, 0.717) is 31.4 Å². The minimum Gasteiger partial charge on any atom is -0.407 e. The summed E-state index contributed by atoms with van der Waals surface area (Å²) in [4.78, 5) is 58.3. The molecule has 154 valence electrons. The van der Waals surface area contributed by atoms with Gasteiger partial charge in [0, 0.05) is 45.0 Å². The molecule has 11 heteroatoms. The SMILES string of the molecule is O=C(CCCn1c(=O)oc2cc([N+](=O)[O-])ccc21)NCCCN1C(=O)CCC1=O. The highest BCUT2D eigenvalue weighted by Gasteiger charge is 2.27. The number of nitrogens with one attached hydrogen (secondary N) is 1. The van der Waals surface area contributed by atoms with Crippen LogP contribution in [-0.2, 0) is 20.9 Å². The number of aryl methyl sites for hydroxylation is 1. The van der Waals surface area contributed by atoms with Crippen LogP contribution in [0.2, 0.25) is 0 Å². The van der Waals surface area contributed by atoms with Crippen molar-refractivity contribution in [2.75, 3.05) is 13.1 Å². The molecule has 0 radical (unpaired) electrons. The Morgan fingerprint density at radius 1 is 1.14 bits per heavy atom. The van der Waals surface area contributed by atoms with E-state index in [1.807, 2.05) is 0 Å². The van der Waals surface area contributed by atoms with Crippen LogP contribution in [0.25, 0.3) is 11.1 Å². The Bertz CT molecular complexity index is 1010. The lowest BCUT2D eigenvalue weighted by Gasteiger charge is -2.13. The van der Waals surface area contributed by atoms with Gasteiger partial charge in [-0.2, -0.15) is 0 Å². The van der Waals surface area contributed by atoms with Gasteiger partial charge < -0.3 is 9.73 Å². The number of nitro benzene ring substituents is 1. The smallest absolute Gasteiger partial charge is 0.407 e. The van der Waals surface area contributed by atoms with Crippen molar-refractivity contribution in [1.82, 2.24) is 14.8 Å². The molecule has 2 heterocycles. The van der Waals surface area contributed by atoms with Gasteiger partial charge in [-0.05, 0) is 18.9 Å². The van der Waals surface area contributed by atoms with Crippen molar-refractivity contribution in [2.45, 2.75) is 38.6 Å². The Hall–Kier alpha value is -3.50. The van der Waals surface area contributed by atoms with Crippen molar-refractivity contribution >= 4 is 34.5 Å². The Balaban J connectivity index is 1.44. The first-order valence-corrected chi connectivity index (χ1v) is 9.24. The zero-order valence-corrected chi connectivity index (χ0v) is 15.6. The second kappa shape index (κ2) is 8.67. The van der Waals surface area contributed by atoms with E-state index in [9.17, 15) is 29.3 Å². The van der Waals surface area contributed by atoms with Crippen LogP contribution in [0, 0.1) is 10.1 Å². The molecule has 1 aliphatic rings. The maximum Gasteiger partial charge on any atom is 0.419 e. The van der Waals surface area contributed by atoms with Gasteiger partial charge in [0.05, 0.1) is 16.5 Å². The van der Waals surface area contributed by atoms with Crippen LogP contribution in [0.1, 0.15) is 32.1 Å². The summed E-state index contributed by atoms with van der Waals surface area (Å²) in [5, 5.41) is 13.5. The van der Waals surface area contributed by atoms with Crippen molar-refractivity contribution in [3.63, 3.8) is 0 Å². The number of aromatic nitrogens is 1. The molecule has 0 bridgehead atoms. The lowest BCUT2D eigenvalue weighted by molar-refractivity contribution is -0.384. The molecule has 29 heavy (non-hydrogen) atoms. The molecule has 1 aromatic carbocycles. The zero-order chi connectivity index (χ0) is 21.0. The molecule has 1 aliphatic heterocycles. The second-order valence-corrected chi connectivity index (χ2v) is 6.67. The minimum atomic E-state index is -0.638. The molecular formula is C18H20N4O7. The largest absolute Gasteiger partial charge is 0.419 e. The van der Waals surface area contributed by atoms with Crippen LogP contribution in [-0.4, -0.2) is 45.2 Å². The first-order valence-electron chi connectivity index (χ1n) is 9.24. The molecule has 0 spiro atoms. The van der Waals surface area contributed by atoms with Gasteiger partial charge in [-0.1, -0.05) is 0 Å². The maximum atomic E-state index is 12.0. The van der Waals surface area contributed by atoms with Crippen LogP contribution in [0.4, 0.5) is 5.69 Å². The van der Waals surface area contributed by atoms with Gasteiger partial charge in [-0.25, -0.2) is 4.79 Å². The summed E-state index contributed by atoms with van der Waals surface area (Å²) in [7, 11) is 0. The Labute approximate surface area is 164 Å². The predicted octanol–water partition coefficient (Wildman–Crippen LogP) is 0.938. The number of carbonyl (C=O) groups excluding carboxylic acids is 3. The average molecular weight is 404 g/mol. The summed E-state index contributed by atoms with van der Waals surface area (Å²) >= 11 is 0. The zero-order valence-electron chi connectivity index (χ0n) is 15.6. The Kier molecular flexibility index (Phi) is 6.05.